The summed E-state index contributed by atoms with van der Waals surface area (Å²) in [5, 5.41) is 12.8. The van der Waals surface area contributed by atoms with Crippen LogP contribution in [0.5, 0.6) is 0 Å². The molecule has 1 heterocycles. The predicted octanol–water partition coefficient (Wildman–Crippen LogP) is 0.653. The van der Waals surface area contributed by atoms with Crippen LogP contribution in [-0.2, 0) is 7.05 Å². The standard InChI is InChI=1S/C11H19N3O2/c1-9(2)14(7-4-8-15)11(16)10-5-6-12-13(10)3/h5-6,9,15H,4,7-8H2,1-3H3. The van der Waals surface area contributed by atoms with Crippen LogP contribution >= 0.6 is 0 Å². The van der Waals surface area contributed by atoms with Crippen LogP contribution < -0.4 is 0 Å². The molecule has 5 heteroatoms. The van der Waals surface area contributed by atoms with Crippen LogP contribution in [0.3, 0.4) is 0 Å². The lowest BCUT2D eigenvalue weighted by Crippen LogP contribution is -2.39. The highest BCUT2D eigenvalue weighted by Gasteiger charge is 2.20. The number of aliphatic hydroxyl groups excluding tert-OH is 1. The molecule has 0 spiro atoms. The zero-order valence-electron chi connectivity index (χ0n) is 10.1. The van der Waals surface area contributed by atoms with Gasteiger partial charge in [-0.05, 0) is 26.3 Å². The zero-order chi connectivity index (χ0) is 12.1. The minimum absolute atomic E-state index is 0.0385. The van der Waals surface area contributed by atoms with E-state index in [0.717, 1.165) is 0 Å². The van der Waals surface area contributed by atoms with Gasteiger partial charge in [-0.15, -0.1) is 0 Å². The maximum absolute atomic E-state index is 12.2. The van der Waals surface area contributed by atoms with Crippen molar-refractivity contribution in [3.05, 3.63) is 18.0 Å². The van der Waals surface area contributed by atoms with Crippen molar-refractivity contribution in [3.8, 4) is 0 Å². The number of rotatable bonds is 5. The van der Waals surface area contributed by atoms with Gasteiger partial charge in [0.05, 0.1) is 0 Å². The van der Waals surface area contributed by atoms with Gasteiger partial charge in [0.2, 0.25) is 0 Å². The molecule has 0 saturated heterocycles. The molecule has 5 nitrogen and oxygen atoms in total. The predicted molar refractivity (Wildman–Crippen MR) is 61.1 cm³/mol. The highest BCUT2D eigenvalue weighted by Crippen LogP contribution is 2.08. The summed E-state index contributed by atoms with van der Waals surface area (Å²) < 4.78 is 1.57. The molecule has 0 unspecified atom stereocenters. The summed E-state index contributed by atoms with van der Waals surface area (Å²) in [4.78, 5) is 13.9. The molecule has 90 valence electrons. The fourth-order valence-corrected chi connectivity index (χ4v) is 1.57. The summed E-state index contributed by atoms with van der Waals surface area (Å²) in [6, 6.07) is 1.82. The second kappa shape index (κ2) is 5.65. The van der Waals surface area contributed by atoms with Gasteiger partial charge in [-0.1, -0.05) is 0 Å². The first-order valence-corrected chi connectivity index (χ1v) is 5.47. The summed E-state index contributed by atoms with van der Waals surface area (Å²) in [7, 11) is 1.75. The van der Waals surface area contributed by atoms with Crippen molar-refractivity contribution < 1.29 is 9.90 Å². The van der Waals surface area contributed by atoms with Gasteiger partial charge >= 0.3 is 0 Å². The molecule has 0 aliphatic carbocycles. The monoisotopic (exact) mass is 225 g/mol. The number of hydrogen-bond donors (Lipinski definition) is 1. The minimum atomic E-state index is -0.0385. The summed E-state index contributed by atoms with van der Waals surface area (Å²) >= 11 is 0. The van der Waals surface area contributed by atoms with Crippen molar-refractivity contribution in [1.82, 2.24) is 14.7 Å². The second-order valence-corrected chi connectivity index (χ2v) is 4.01. The Morgan fingerprint density at radius 2 is 2.31 bits per heavy atom. The Morgan fingerprint density at radius 3 is 2.75 bits per heavy atom. The number of nitrogens with zero attached hydrogens (tertiary/aromatic N) is 3. The van der Waals surface area contributed by atoms with E-state index in [0.29, 0.717) is 18.7 Å². The maximum Gasteiger partial charge on any atom is 0.272 e. The number of aryl methyl sites for hydroxylation is 1. The normalized spacial score (nSPS) is 10.8. The van der Waals surface area contributed by atoms with Crippen LogP contribution in [0.4, 0.5) is 0 Å². The molecule has 0 aliphatic rings. The lowest BCUT2D eigenvalue weighted by atomic mass is 10.2. The van der Waals surface area contributed by atoms with Gasteiger partial charge in [0, 0.05) is 32.4 Å². The Labute approximate surface area is 95.7 Å². The number of aliphatic hydroxyl groups is 1. The number of hydrogen-bond acceptors (Lipinski definition) is 3. The van der Waals surface area contributed by atoms with Crippen LogP contribution in [0.1, 0.15) is 30.8 Å². The number of carbonyl (C=O) groups is 1. The molecule has 0 radical (unpaired) electrons. The molecule has 0 aliphatic heterocycles. The van der Waals surface area contributed by atoms with Gasteiger partial charge in [0.1, 0.15) is 5.69 Å². The first kappa shape index (κ1) is 12.7. The van der Waals surface area contributed by atoms with Crippen molar-refractivity contribution in [2.45, 2.75) is 26.3 Å². The molecule has 1 N–H and O–H groups in total. The van der Waals surface area contributed by atoms with Gasteiger partial charge < -0.3 is 10.0 Å². The van der Waals surface area contributed by atoms with Gasteiger partial charge in [0.25, 0.3) is 5.91 Å². The van der Waals surface area contributed by atoms with E-state index in [9.17, 15) is 4.79 Å². The molecule has 0 atom stereocenters. The highest BCUT2D eigenvalue weighted by atomic mass is 16.3. The van der Waals surface area contributed by atoms with E-state index in [1.54, 1.807) is 28.9 Å². The van der Waals surface area contributed by atoms with Crippen molar-refractivity contribution >= 4 is 5.91 Å². The average molecular weight is 225 g/mol. The molecule has 1 aromatic rings. The van der Waals surface area contributed by atoms with Crippen LogP contribution in [0.25, 0.3) is 0 Å². The Morgan fingerprint density at radius 1 is 1.62 bits per heavy atom. The second-order valence-electron chi connectivity index (χ2n) is 4.01. The fraction of sp³-hybridized carbons (Fsp3) is 0.636. The van der Waals surface area contributed by atoms with Crippen molar-refractivity contribution in [2.24, 2.45) is 7.05 Å². The zero-order valence-corrected chi connectivity index (χ0v) is 10.1. The summed E-state index contributed by atoms with van der Waals surface area (Å²) in [5.41, 5.74) is 0.576. The van der Waals surface area contributed by atoms with Crippen LogP contribution in [0.2, 0.25) is 0 Å². The van der Waals surface area contributed by atoms with E-state index in [4.69, 9.17) is 5.11 Å². The summed E-state index contributed by atoms with van der Waals surface area (Å²) in [6.45, 7) is 4.59. The van der Waals surface area contributed by atoms with Crippen LogP contribution in [0.15, 0.2) is 12.3 Å². The third-order valence-electron chi connectivity index (χ3n) is 2.48. The molecule has 0 fully saturated rings. The SMILES string of the molecule is CC(C)N(CCCO)C(=O)c1ccnn1C. The quantitative estimate of drug-likeness (QED) is 0.800. The molecular formula is C11H19N3O2. The van der Waals surface area contributed by atoms with E-state index in [1.807, 2.05) is 13.8 Å². The maximum atomic E-state index is 12.2. The molecule has 16 heavy (non-hydrogen) atoms. The smallest absolute Gasteiger partial charge is 0.272 e. The van der Waals surface area contributed by atoms with Crippen LogP contribution in [0, 0.1) is 0 Å². The van der Waals surface area contributed by atoms with Crippen LogP contribution in [-0.4, -0.2) is 44.9 Å². The van der Waals surface area contributed by atoms with E-state index >= 15 is 0 Å². The fourth-order valence-electron chi connectivity index (χ4n) is 1.57. The number of aromatic nitrogens is 2. The molecule has 0 saturated carbocycles. The van der Waals surface area contributed by atoms with Crippen molar-refractivity contribution in [2.75, 3.05) is 13.2 Å². The number of amides is 1. The van der Waals surface area contributed by atoms with Crippen molar-refractivity contribution in [1.29, 1.82) is 0 Å². The molecule has 0 bridgehead atoms. The van der Waals surface area contributed by atoms with Gasteiger partial charge in [-0.25, -0.2) is 0 Å². The Hall–Kier alpha value is -1.36. The minimum Gasteiger partial charge on any atom is -0.396 e. The first-order valence-electron chi connectivity index (χ1n) is 5.47. The van der Waals surface area contributed by atoms with Gasteiger partial charge in [-0.2, -0.15) is 5.10 Å². The van der Waals surface area contributed by atoms with Crippen molar-refractivity contribution in [3.63, 3.8) is 0 Å². The third kappa shape index (κ3) is 2.82. The Bertz CT molecular complexity index is 347. The molecule has 1 aromatic heterocycles. The first-order chi connectivity index (χ1) is 7.57. The molecule has 1 rings (SSSR count). The van der Waals surface area contributed by atoms with Gasteiger partial charge in [0.15, 0.2) is 0 Å². The van der Waals surface area contributed by atoms with E-state index in [1.165, 1.54) is 0 Å². The highest BCUT2D eigenvalue weighted by molar-refractivity contribution is 5.92. The number of carbonyl (C=O) groups excluding carboxylic acids is 1. The Balaban J connectivity index is 2.79. The molecular weight excluding hydrogens is 206 g/mol. The van der Waals surface area contributed by atoms with E-state index in [2.05, 4.69) is 5.10 Å². The lowest BCUT2D eigenvalue weighted by molar-refractivity contribution is 0.0682. The average Bonchev–Trinajstić information content (AvgIpc) is 2.64. The summed E-state index contributed by atoms with van der Waals surface area (Å²) in [5.74, 6) is -0.0385. The lowest BCUT2D eigenvalue weighted by Gasteiger charge is -2.26. The topological polar surface area (TPSA) is 58.4 Å². The van der Waals surface area contributed by atoms with Gasteiger partial charge in [-0.3, -0.25) is 9.48 Å². The van der Waals surface area contributed by atoms with E-state index in [-0.39, 0.29) is 18.6 Å². The molecule has 1 amide bonds. The third-order valence-corrected chi connectivity index (χ3v) is 2.48. The molecule has 0 aromatic carbocycles. The Kier molecular flexibility index (Phi) is 4.49. The van der Waals surface area contributed by atoms with E-state index < -0.39 is 0 Å². The largest absolute Gasteiger partial charge is 0.396 e. The summed E-state index contributed by atoms with van der Waals surface area (Å²) in [6.07, 6.45) is 2.21.